The van der Waals surface area contributed by atoms with E-state index >= 15 is 0 Å². The van der Waals surface area contributed by atoms with Gasteiger partial charge in [-0.25, -0.2) is 0 Å². The third-order valence-corrected chi connectivity index (χ3v) is 4.78. The van der Waals surface area contributed by atoms with Gasteiger partial charge in [0, 0.05) is 31.7 Å². The average molecular weight is 380 g/mol. The van der Waals surface area contributed by atoms with Gasteiger partial charge in [-0.3, -0.25) is 4.90 Å². The zero-order valence-electron chi connectivity index (χ0n) is 14.7. The number of halogens is 3. The first kappa shape index (κ1) is 17.8. The van der Waals surface area contributed by atoms with Crippen LogP contribution in [-0.4, -0.2) is 38.9 Å². The largest absolute Gasteiger partial charge is 0.490 e. The Kier molecular flexibility index (Phi) is 4.55. The van der Waals surface area contributed by atoms with Crippen LogP contribution >= 0.6 is 0 Å². The Labute approximate surface area is 153 Å². The smallest absolute Gasteiger partial charge is 0.470 e. The number of nitrogens with zero attached hydrogens (tertiary/aromatic N) is 4. The van der Waals surface area contributed by atoms with Crippen molar-refractivity contribution in [2.24, 2.45) is 7.05 Å². The molecule has 0 spiro atoms. The minimum absolute atomic E-state index is 0.0178. The van der Waals surface area contributed by atoms with Gasteiger partial charge < -0.3 is 13.7 Å². The Bertz CT molecular complexity index is 926. The van der Waals surface area contributed by atoms with E-state index in [0.717, 1.165) is 29.5 Å². The third kappa shape index (κ3) is 3.78. The SMILES string of the molecule is Cn1ccc2c(OC3CCN(Cc4nnc(C(F)(F)F)o4)CC3)cccc21. The summed E-state index contributed by atoms with van der Waals surface area (Å²) in [4.78, 5) is 2.00. The second kappa shape index (κ2) is 6.88. The van der Waals surface area contributed by atoms with Crippen LogP contribution in [0.25, 0.3) is 10.9 Å². The topological polar surface area (TPSA) is 56.3 Å². The molecule has 9 heteroatoms. The van der Waals surface area contributed by atoms with Crippen LogP contribution in [0.15, 0.2) is 34.9 Å². The van der Waals surface area contributed by atoms with Gasteiger partial charge in [0.15, 0.2) is 0 Å². The van der Waals surface area contributed by atoms with Crippen molar-refractivity contribution in [3.05, 3.63) is 42.2 Å². The number of likely N-dealkylation sites (tertiary alicyclic amines) is 1. The van der Waals surface area contributed by atoms with Crippen LogP contribution in [0, 0.1) is 0 Å². The van der Waals surface area contributed by atoms with Crippen molar-refractivity contribution >= 4 is 10.9 Å². The Morgan fingerprint density at radius 3 is 2.67 bits per heavy atom. The van der Waals surface area contributed by atoms with E-state index in [4.69, 9.17) is 9.15 Å². The van der Waals surface area contributed by atoms with E-state index in [0.29, 0.717) is 13.1 Å². The lowest BCUT2D eigenvalue weighted by Gasteiger charge is -2.31. The molecule has 0 saturated carbocycles. The van der Waals surface area contributed by atoms with Crippen molar-refractivity contribution in [1.29, 1.82) is 0 Å². The van der Waals surface area contributed by atoms with Crippen molar-refractivity contribution in [2.75, 3.05) is 13.1 Å². The summed E-state index contributed by atoms with van der Waals surface area (Å²) in [7, 11) is 1.99. The van der Waals surface area contributed by atoms with Gasteiger partial charge in [-0.05, 0) is 31.0 Å². The number of rotatable bonds is 4. The normalized spacial score (nSPS) is 16.9. The minimum Gasteiger partial charge on any atom is -0.490 e. The quantitative estimate of drug-likeness (QED) is 0.692. The van der Waals surface area contributed by atoms with Gasteiger partial charge in [0.25, 0.3) is 0 Å². The van der Waals surface area contributed by atoms with E-state index in [-0.39, 0.29) is 18.5 Å². The zero-order valence-corrected chi connectivity index (χ0v) is 14.7. The molecule has 27 heavy (non-hydrogen) atoms. The van der Waals surface area contributed by atoms with E-state index in [1.807, 2.05) is 47.0 Å². The van der Waals surface area contributed by atoms with Crippen LogP contribution in [0.3, 0.4) is 0 Å². The molecule has 1 saturated heterocycles. The molecule has 1 fully saturated rings. The molecule has 144 valence electrons. The molecule has 1 aromatic carbocycles. The van der Waals surface area contributed by atoms with Crippen molar-refractivity contribution in [2.45, 2.75) is 31.7 Å². The summed E-state index contributed by atoms with van der Waals surface area (Å²) in [6.07, 6.45) is -0.975. The number of aryl methyl sites for hydroxylation is 1. The predicted octanol–water partition coefficient (Wildman–Crippen LogP) is 3.62. The fraction of sp³-hybridized carbons (Fsp3) is 0.444. The van der Waals surface area contributed by atoms with Gasteiger partial charge in [0.05, 0.1) is 12.1 Å². The molecule has 0 unspecified atom stereocenters. The maximum absolute atomic E-state index is 12.5. The van der Waals surface area contributed by atoms with Crippen molar-refractivity contribution in [1.82, 2.24) is 19.7 Å². The van der Waals surface area contributed by atoms with Crippen LogP contribution in [0.1, 0.15) is 24.6 Å². The first-order chi connectivity index (χ1) is 12.9. The fourth-order valence-electron chi connectivity index (χ4n) is 3.37. The number of piperidine rings is 1. The van der Waals surface area contributed by atoms with Crippen LogP contribution < -0.4 is 4.74 Å². The lowest BCUT2D eigenvalue weighted by Crippen LogP contribution is -2.37. The summed E-state index contributed by atoms with van der Waals surface area (Å²) < 4.78 is 50.5. The number of aromatic nitrogens is 3. The van der Waals surface area contributed by atoms with Gasteiger partial charge in [-0.1, -0.05) is 6.07 Å². The molecular formula is C18H19F3N4O2. The van der Waals surface area contributed by atoms with Crippen molar-refractivity contribution in [3.63, 3.8) is 0 Å². The summed E-state index contributed by atoms with van der Waals surface area (Å²) in [6.45, 7) is 1.60. The van der Waals surface area contributed by atoms with Crippen molar-refractivity contribution < 1.29 is 22.3 Å². The molecule has 6 nitrogen and oxygen atoms in total. The Balaban J connectivity index is 1.34. The summed E-state index contributed by atoms with van der Waals surface area (Å²) in [5.41, 5.74) is 1.11. The van der Waals surface area contributed by atoms with Gasteiger partial charge in [-0.2, -0.15) is 13.2 Å². The third-order valence-electron chi connectivity index (χ3n) is 4.78. The van der Waals surface area contributed by atoms with Gasteiger partial charge >= 0.3 is 12.1 Å². The first-order valence-electron chi connectivity index (χ1n) is 8.73. The van der Waals surface area contributed by atoms with E-state index in [1.165, 1.54) is 0 Å². The molecule has 2 aromatic heterocycles. The number of fused-ring (bicyclic) bond motifs is 1. The van der Waals surface area contributed by atoms with Gasteiger partial charge in [0.1, 0.15) is 11.9 Å². The highest BCUT2D eigenvalue weighted by molar-refractivity contribution is 5.86. The lowest BCUT2D eigenvalue weighted by atomic mass is 10.1. The number of alkyl halides is 3. The van der Waals surface area contributed by atoms with Crippen LogP contribution in [0.2, 0.25) is 0 Å². The second-order valence-electron chi connectivity index (χ2n) is 6.71. The van der Waals surface area contributed by atoms with Crippen LogP contribution in [0.4, 0.5) is 13.2 Å². The van der Waals surface area contributed by atoms with Crippen LogP contribution in [0.5, 0.6) is 5.75 Å². The number of hydrogen-bond donors (Lipinski definition) is 0. The Morgan fingerprint density at radius 1 is 1.19 bits per heavy atom. The summed E-state index contributed by atoms with van der Waals surface area (Å²) in [5.74, 6) is -0.458. The highest BCUT2D eigenvalue weighted by Crippen LogP contribution is 2.30. The molecule has 3 aromatic rings. The molecule has 0 bridgehead atoms. The number of ether oxygens (including phenoxy) is 1. The lowest BCUT2D eigenvalue weighted by molar-refractivity contribution is -0.157. The van der Waals surface area contributed by atoms with Gasteiger partial charge in [0.2, 0.25) is 5.89 Å². The molecule has 1 aliphatic rings. The molecule has 1 aliphatic heterocycles. The second-order valence-corrected chi connectivity index (χ2v) is 6.71. The monoisotopic (exact) mass is 380 g/mol. The minimum atomic E-state index is -4.61. The Morgan fingerprint density at radius 2 is 1.96 bits per heavy atom. The molecule has 4 rings (SSSR count). The highest BCUT2D eigenvalue weighted by Gasteiger charge is 2.38. The molecule has 0 aliphatic carbocycles. The maximum atomic E-state index is 12.5. The zero-order chi connectivity index (χ0) is 19.0. The Hall–Kier alpha value is -2.55. The highest BCUT2D eigenvalue weighted by atomic mass is 19.4. The van der Waals surface area contributed by atoms with Crippen LogP contribution in [-0.2, 0) is 19.8 Å². The molecule has 0 N–H and O–H groups in total. The summed E-state index contributed by atoms with van der Waals surface area (Å²) in [5, 5.41) is 7.62. The predicted molar refractivity (Wildman–Crippen MR) is 91.1 cm³/mol. The molecular weight excluding hydrogens is 361 g/mol. The van der Waals surface area contributed by atoms with Gasteiger partial charge in [-0.15, -0.1) is 10.2 Å². The number of benzene rings is 1. The number of hydrogen-bond acceptors (Lipinski definition) is 5. The van der Waals surface area contributed by atoms with E-state index in [2.05, 4.69) is 10.2 Å². The maximum Gasteiger partial charge on any atom is 0.470 e. The fourth-order valence-corrected chi connectivity index (χ4v) is 3.37. The van der Waals surface area contributed by atoms with E-state index < -0.39 is 12.1 Å². The molecule has 0 amide bonds. The van der Waals surface area contributed by atoms with E-state index in [9.17, 15) is 13.2 Å². The first-order valence-corrected chi connectivity index (χ1v) is 8.73. The standard InChI is InChI=1S/C18H19F3N4O2/c1-24-8-7-13-14(24)3-2-4-15(13)26-12-5-9-25(10-6-12)11-16-22-23-17(27-16)18(19,20)21/h2-4,7-8,12H,5-6,9-11H2,1H3. The molecule has 3 heterocycles. The van der Waals surface area contributed by atoms with E-state index in [1.54, 1.807) is 0 Å². The van der Waals surface area contributed by atoms with Crippen molar-refractivity contribution in [3.8, 4) is 5.75 Å². The average Bonchev–Trinajstić information content (AvgIpc) is 3.25. The molecule has 0 radical (unpaired) electrons. The molecule has 0 atom stereocenters. The summed E-state index contributed by atoms with van der Waals surface area (Å²) in [6, 6.07) is 8.02. The summed E-state index contributed by atoms with van der Waals surface area (Å²) >= 11 is 0.